The summed E-state index contributed by atoms with van der Waals surface area (Å²) in [6.45, 7) is 1.11. The number of hydrogen-bond donors (Lipinski definition) is 5. The van der Waals surface area contributed by atoms with Crippen LogP contribution in [0.25, 0.3) is 0 Å². The molecule has 0 spiro atoms. The molecule has 0 bridgehead atoms. The maximum atomic E-state index is 14.5. The van der Waals surface area contributed by atoms with Gasteiger partial charge in [0.1, 0.15) is 6.04 Å². The van der Waals surface area contributed by atoms with Crippen molar-refractivity contribution in [2.24, 2.45) is 22.2 Å². The summed E-state index contributed by atoms with van der Waals surface area (Å²) in [7, 11) is 0. The van der Waals surface area contributed by atoms with Crippen LogP contribution in [-0.4, -0.2) is 45.2 Å². The number of imidazole rings is 1. The van der Waals surface area contributed by atoms with Gasteiger partial charge in [-0.15, -0.1) is 0 Å². The van der Waals surface area contributed by atoms with Crippen LogP contribution >= 0.6 is 0 Å². The first-order valence-corrected chi connectivity index (χ1v) is 13.5. The van der Waals surface area contributed by atoms with Gasteiger partial charge in [-0.1, -0.05) is 84.9 Å². The minimum absolute atomic E-state index is 0.0246. The van der Waals surface area contributed by atoms with E-state index in [0.717, 1.165) is 22.3 Å². The number of benzene rings is 3. The van der Waals surface area contributed by atoms with Crippen molar-refractivity contribution in [1.29, 1.82) is 0 Å². The van der Waals surface area contributed by atoms with Crippen molar-refractivity contribution >= 4 is 23.7 Å². The molecule has 0 saturated carbocycles. The highest BCUT2D eigenvalue weighted by molar-refractivity contribution is 5.92. The summed E-state index contributed by atoms with van der Waals surface area (Å²) in [5.74, 6) is -0.750. The number of primary amides is 1. The second-order valence-electron chi connectivity index (χ2n) is 9.70. The van der Waals surface area contributed by atoms with Crippen molar-refractivity contribution in [1.82, 2.24) is 14.9 Å². The molecule has 8 N–H and O–H groups in total. The zero-order valence-corrected chi connectivity index (χ0v) is 22.8. The Hall–Kier alpha value is -5.12. The molecule has 0 saturated heterocycles. The fraction of sp³-hybridized carbons (Fsp3) is 0.226. The number of nitrogens with two attached hydrogens (primary N) is 3. The number of carbonyl (C=O) groups is 2. The number of anilines is 1. The molecule has 0 radical (unpaired) electrons. The number of aromatic amines is 1. The van der Waals surface area contributed by atoms with Crippen molar-refractivity contribution in [2.75, 3.05) is 11.9 Å². The van der Waals surface area contributed by atoms with Crippen molar-refractivity contribution in [3.05, 3.63) is 120 Å². The van der Waals surface area contributed by atoms with Crippen LogP contribution in [0.1, 0.15) is 41.0 Å². The molecule has 4 aromatic rings. The largest absolute Gasteiger partial charge is 0.370 e. The maximum absolute atomic E-state index is 14.5. The van der Waals surface area contributed by atoms with Crippen molar-refractivity contribution in [3.8, 4) is 0 Å². The van der Waals surface area contributed by atoms with Crippen LogP contribution in [-0.2, 0) is 22.7 Å². The molecule has 10 nitrogen and oxygen atoms in total. The topological polar surface area (TPSA) is 169 Å². The molecule has 10 heteroatoms. The average Bonchev–Trinajstić information content (AvgIpc) is 3.51. The SMILES string of the molecule is NC(=O)[C@@H](CCCN=C(N)N)N(Cc1ccc(CNc2ncc[nH]2)cc1)C(=O)C(c1ccccc1)c1ccccc1. The predicted octanol–water partition coefficient (Wildman–Crippen LogP) is 3.09. The van der Waals surface area contributed by atoms with Crippen molar-refractivity contribution < 1.29 is 9.59 Å². The van der Waals surface area contributed by atoms with Gasteiger partial charge in [-0.05, 0) is 35.1 Å². The van der Waals surface area contributed by atoms with E-state index in [4.69, 9.17) is 17.2 Å². The number of guanidine groups is 1. The van der Waals surface area contributed by atoms with Crippen LogP contribution < -0.4 is 22.5 Å². The van der Waals surface area contributed by atoms with E-state index in [1.807, 2.05) is 84.9 Å². The van der Waals surface area contributed by atoms with Crippen molar-refractivity contribution in [3.63, 3.8) is 0 Å². The van der Waals surface area contributed by atoms with Crippen LogP contribution in [0.2, 0.25) is 0 Å². The fourth-order valence-corrected chi connectivity index (χ4v) is 4.73. The summed E-state index contributed by atoms with van der Waals surface area (Å²) >= 11 is 0. The molecule has 0 aliphatic rings. The average molecular weight is 553 g/mol. The fourth-order valence-electron chi connectivity index (χ4n) is 4.73. The van der Waals surface area contributed by atoms with Crippen LogP contribution in [0.3, 0.4) is 0 Å². The molecule has 2 amide bonds. The molecule has 1 aromatic heterocycles. The van der Waals surface area contributed by atoms with Gasteiger partial charge >= 0.3 is 0 Å². The smallest absolute Gasteiger partial charge is 0.240 e. The van der Waals surface area contributed by atoms with E-state index < -0.39 is 17.9 Å². The number of rotatable bonds is 14. The monoisotopic (exact) mass is 552 g/mol. The quantitative estimate of drug-likeness (QED) is 0.0915. The maximum Gasteiger partial charge on any atom is 0.240 e. The Morgan fingerprint density at radius 2 is 1.49 bits per heavy atom. The molecule has 0 unspecified atom stereocenters. The molecule has 0 fully saturated rings. The molecule has 4 rings (SSSR count). The first-order valence-electron chi connectivity index (χ1n) is 13.5. The lowest BCUT2D eigenvalue weighted by molar-refractivity contribution is -0.141. The van der Waals surface area contributed by atoms with E-state index in [1.54, 1.807) is 17.3 Å². The molecule has 1 heterocycles. The van der Waals surface area contributed by atoms with Gasteiger partial charge in [0.2, 0.25) is 11.8 Å². The van der Waals surface area contributed by atoms with Crippen LogP contribution in [0, 0.1) is 0 Å². The summed E-state index contributed by atoms with van der Waals surface area (Å²) < 4.78 is 0. The lowest BCUT2D eigenvalue weighted by atomic mass is 9.89. The molecular formula is C31H36N8O2. The lowest BCUT2D eigenvalue weighted by Gasteiger charge is -2.33. The lowest BCUT2D eigenvalue weighted by Crippen LogP contribution is -2.49. The molecule has 41 heavy (non-hydrogen) atoms. The van der Waals surface area contributed by atoms with Gasteiger partial charge in [0.05, 0.1) is 5.92 Å². The number of H-pyrrole nitrogens is 1. The molecule has 1 atom stereocenters. The standard InChI is InChI=1S/C31H36N8O2/c32-28(40)26(12-7-17-35-30(33)34)39(21-23-15-13-22(14-16-23)20-38-31-36-18-19-37-31)29(41)27(24-8-3-1-4-9-24)25-10-5-2-6-11-25/h1-6,8-11,13-16,18-19,26-27H,7,12,17,20-21H2,(H2,32,40)(H4,33,34,35)(H2,36,37,38)/t26-/m1/s1. The number of aliphatic imine (C=N–C) groups is 1. The third kappa shape index (κ3) is 8.18. The number of nitrogens with zero attached hydrogens (tertiary/aromatic N) is 3. The summed E-state index contributed by atoms with van der Waals surface area (Å²) in [5.41, 5.74) is 20.4. The van der Waals surface area contributed by atoms with Gasteiger partial charge in [-0.25, -0.2) is 4.98 Å². The van der Waals surface area contributed by atoms with E-state index in [9.17, 15) is 9.59 Å². The zero-order valence-electron chi connectivity index (χ0n) is 22.8. The second-order valence-corrected chi connectivity index (χ2v) is 9.70. The molecule has 0 aliphatic heterocycles. The van der Waals surface area contributed by atoms with Gasteiger partial charge in [0.15, 0.2) is 11.9 Å². The Bertz CT molecular complexity index is 1360. The van der Waals surface area contributed by atoms with Gasteiger partial charge in [0, 0.05) is 32.0 Å². The van der Waals surface area contributed by atoms with Gasteiger partial charge in [0.25, 0.3) is 0 Å². The van der Waals surface area contributed by atoms with Gasteiger partial charge < -0.3 is 32.4 Å². The summed E-state index contributed by atoms with van der Waals surface area (Å²) in [5, 5.41) is 3.22. The Labute approximate surface area is 239 Å². The number of hydrogen-bond acceptors (Lipinski definition) is 5. The number of aromatic nitrogens is 2. The second kappa shape index (κ2) is 14.3. The summed E-state index contributed by atoms with van der Waals surface area (Å²) in [6.07, 6.45) is 4.23. The van der Waals surface area contributed by atoms with Crippen molar-refractivity contribution in [2.45, 2.75) is 37.9 Å². The van der Waals surface area contributed by atoms with E-state index in [1.165, 1.54) is 0 Å². The zero-order chi connectivity index (χ0) is 29.0. The van der Waals surface area contributed by atoms with Crippen LogP contribution in [0.15, 0.2) is 102 Å². The normalized spacial score (nSPS) is 11.5. The summed E-state index contributed by atoms with van der Waals surface area (Å²) in [6, 6.07) is 26.1. The van der Waals surface area contributed by atoms with E-state index >= 15 is 0 Å². The first kappa shape index (κ1) is 28.9. The number of carbonyl (C=O) groups excluding carboxylic acids is 2. The molecule has 0 aliphatic carbocycles. The highest BCUT2D eigenvalue weighted by atomic mass is 16.2. The van der Waals surface area contributed by atoms with Crippen LogP contribution in [0.4, 0.5) is 5.95 Å². The molecule has 212 valence electrons. The highest BCUT2D eigenvalue weighted by Gasteiger charge is 2.34. The van der Waals surface area contributed by atoms with E-state index in [2.05, 4.69) is 20.3 Å². The number of nitrogens with one attached hydrogen (secondary N) is 2. The Balaban J connectivity index is 1.63. The summed E-state index contributed by atoms with van der Waals surface area (Å²) in [4.78, 5) is 40.1. The number of amides is 2. The molecule has 3 aromatic carbocycles. The highest BCUT2D eigenvalue weighted by Crippen LogP contribution is 2.29. The Kier molecular flexibility index (Phi) is 10.1. The Morgan fingerprint density at radius 1 is 0.878 bits per heavy atom. The minimum atomic E-state index is -0.855. The van der Waals surface area contributed by atoms with E-state index in [0.29, 0.717) is 31.9 Å². The third-order valence-corrected chi connectivity index (χ3v) is 6.76. The first-order chi connectivity index (χ1) is 19.9. The minimum Gasteiger partial charge on any atom is -0.370 e. The third-order valence-electron chi connectivity index (χ3n) is 6.76. The van der Waals surface area contributed by atoms with Gasteiger partial charge in [-0.2, -0.15) is 0 Å². The predicted molar refractivity (Wildman–Crippen MR) is 161 cm³/mol. The Morgan fingerprint density at radius 3 is 2.02 bits per heavy atom. The van der Waals surface area contributed by atoms with Gasteiger partial charge in [-0.3, -0.25) is 14.6 Å². The van der Waals surface area contributed by atoms with E-state index in [-0.39, 0.29) is 18.4 Å². The molecular weight excluding hydrogens is 516 g/mol. The van der Waals surface area contributed by atoms with Crippen LogP contribution in [0.5, 0.6) is 0 Å².